The van der Waals surface area contributed by atoms with Gasteiger partial charge in [0.1, 0.15) is 5.76 Å². The molecule has 0 radical (unpaired) electrons. The van der Waals surface area contributed by atoms with E-state index in [0.29, 0.717) is 0 Å². The molecule has 4 nitrogen and oxygen atoms in total. The molecule has 0 spiro atoms. The van der Waals surface area contributed by atoms with Crippen LogP contribution < -0.4 is 0 Å². The second kappa shape index (κ2) is 4.92. The summed E-state index contributed by atoms with van der Waals surface area (Å²) in [6.45, 7) is 1.78. The van der Waals surface area contributed by atoms with Gasteiger partial charge in [0.05, 0.1) is 25.2 Å². The molecule has 0 aromatic heterocycles. The number of allylic oxidation sites excluding steroid dienone is 2. The van der Waals surface area contributed by atoms with Gasteiger partial charge in [-0.3, -0.25) is 0 Å². The molecule has 0 saturated carbocycles. The summed E-state index contributed by atoms with van der Waals surface area (Å²) in [5.74, 6) is -0.273. The van der Waals surface area contributed by atoms with E-state index in [1.165, 1.54) is 12.2 Å². The fourth-order valence-corrected chi connectivity index (χ4v) is 0.681. The van der Waals surface area contributed by atoms with Crippen molar-refractivity contribution in [2.45, 2.75) is 0 Å². The van der Waals surface area contributed by atoms with Crippen LogP contribution in [0.25, 0.3) is 0 Å². The maximum Gasteiger partial charge on any atom is 0.105 e. The maximum absolute atomic E-state index is 9.27. The molecule has 4 heteroatoms. The van der Waals surface area contributed by atoms with Gasteiger partial charge < -0.3 is 20.4 Å². The van der Waals surface area contributed by atoms with E-state index in [9.17, 15) is 5.11 Å². The summed E-state index contributed by atoms with van der Waals surface area (Å²) in [6, 6.07) is 0. The van der Waals surface area contributed by atoms with Crippen LogP contribution in [0.3, 0.4) is 0 Å². The van der Waals surface area contributed by atoms with Gasteiger partial charge in [0.25, 0.3) is 0 Å². The van der Waals surface area contributed by atoms with Crippen molar-refractivity contribution in [1.82, 2.24) is 0 Å². The predicted molar refractivity (Wildman–Crippen MR) is 44.6 cm³/mol. The molecule has 0 rings (SSSR count). The van der Waals surface area contributed by atoms with Crippen LogP contribution in [0.2, 0.25) is 0 Å². The molecule has 0 amide bonds. The molecule has 70 valence electrons. The van der Waals surface area contributed by atoms with Crippen LogP contribution >= 0.6 is 0 Å². The van der Waals surface area contributed by atoms with E-state index in [2.05, 4.69) is 6.58 Å². The Morgan fingerprint density at radius 3 is 1.83 bits per heavy atom. The quantitative estimate of drug-likeness (QED) is 0.337. The first-order valence-corrected chi connectivity index (χ1v) is 3.51. The lowest BCUT2D eigenvalue weighted by molar-refractivity contribution is 0.00504. The summed E-state index contributed by atoms with van der Waals surface area (Å²) < 4.78 is 0. The van der Waals surface area contributed by atoms with Crippen LogP contribution in [0.1, 0.15) is 0 Å². The molecule has 0 aromatic carbocycles. The number of rotatable bonds is 5. The summed E-state index contributed by atoms with van der Waals surface area (Å²) in [7, 11) is 0. The zero-order chi connectivity index (χ0) is 9.61. The fourth-order valence-electron chi connectivity index (χ4n) is 0.681. The highest BCUT2D eigenvalue weighted by Crippen LogP contribution is 2.23. The van der Waals surface area contributed by atoms with Gasteiger partial charge in [-0.15, -0.1) is 0 Å². The molecule has 0 fully saturated rings. The molecule has 4 N–H and O–H groups in total. The summed E-state index contributed by atoms with van der Waals surface area (Å²) in [4.78, 5) is 0. The van der Waals surface area contributed by atoms with Crippen LogP contribution in [0.4, 0.5) is 0 Å². The van der Waals surface area contributed by atoms with E-state index in [1.807, 2.05) is 0 Å². The molecule has 0 heterocycles. The first-order chi connectivity index (χ1) is 5.66. The molecule has 12 heavy (non-hydrogen) atoms. The largest absolute Gasteiger partial charge is 0.511 e. The van der Waals surface area contributed by atoms with Crippen molar-refractivity contribution < 1.29 is 20.4 Å². The molecule has 0 unspecified atom stereocenters. The molecular formula is C8H14O4. The Labute approximate surface area is 71.1 Å². The van der Waals surface area contributed by atoms with Crippen molar-refractivity contribution in [2.24, 2.45) is 5.41 Å². The Balaban J connectivity index is 4.69. The SMILES string of the molecule is C=CC=C(O)C(CO)(CO)CO. The molecule has 0 bridgehead atoms. The lowest BCUT2D eigenvalue weighted by atomic mass is 9.88. The van der Waals surface area contributed by atoms with E-state index in [-0.39, 0.29) is 5.76 Å². The maximum atomic E-state index is 9.27. The second-order valence-electron chi connectivity index (χ2n) is 2.54. The smallest absolute Gasteiger partial charge is 0.105 e. The van der Waals surface area contributed by atoms with Crippen LogP contribution in [-0.4, -0.2) is 40.2 Å². The standard InChI is InChI=1S/C8H14O4/c1-2-3-7(12)8(4-9,5-10)6-11/h2-3,9-12H,1,4-6H2. The third-order valence-electron chi connectivity index (χ3n) is 1.73. The third-order valence-corrected chi connectivity index (χ3v) is 1.73. The Morgan fingerprint density at radius 2 is 1.58 bits per heavy atom. The van der Waals surface area contributed by atoms with Crippen molar-refractivity contribution in [1.29, 1.82) is 0 Å². The van der Waals surface area contributed by atoms with Gasteiger partial charge in [0, 0.05) is 0 Å². The van der Waals surface area contributed by atoms with Gasteiger partial charge in [-0.25, -0.2) is 0 Å². The highest BCUT2D eigenvalue weighted by Gasteiger charge is 2.32. The Kier molecular flexibility index (Phi) is 4.58. The molecule has 0 saturated heterocycles. The van der Waals surface area contributed by atoms with Gasteiger partial charge >= 0.3 is 0 Å². The molecule has 0 aliphatic heterocycles. The highest BCUT2D eigenvalue weighted by atomic mass is 16.3. The molecular weight excluding hydrogens is 160 g/mol. The van der Waals surface area contributed by atoms with Gasteiger partial charge in [0.15, 0.2) is 0 Å². The average molecular weight is 174 g/mol. The van der Waals surface area contributed by atoms with Crippen molar-refractivity contribution in [2.75, 3.05) is 19.8 Å². The van der Waals surface area contributed by atoms with Crippen molar-refractivity contribution >= 4 is 0 Å². The lowest BCUT2D eigenvalue weighted by Gasteiger charge is -2.26. The first kappa shape index (κ1) is 11.2. The van der Waals surface area contributed by atoms with E-state index in [4.69, 9.17) is 15.3 Å². The van der Waals surface area contributed by atoms with Crippen LogP contribution in [0.15, 0.2) is 24.5 Å². The molecule has 0 aliphatic carbocycles. The summed E-state index contributed by atoms with van der Waals surface area (Å²) in [6.07, 6.45) is 2.54. The van der Waals surface area contributed by atoms with Crippen molar-refractivity contribution in [3.05, 3.63) is 24.5 Å². The zero-order valence-electron chi connectivity index (χ0n) is 6.77. The van der Waals surface area contributed by atoms with Crippen LogP contribution in [-0.2, 0) is 0 Å². The van der Waals surface area contributed by atoms with E-state index >= 15 is 0 Å². The Bertz CT molecular complexity index is 162. The Morgan fingerprint density at radius 1 is 1.17 bits per heavy atom. The van der Waals surface area contributed by atoms with Crippen molar-refractivity contribution in [3.63, 3.8) is 0 Å². The molecule has 0 aliphatic rings. The molecule has 0 aromatic rings. The molecule has 0 atom stereocenters. The average Bonchev–Trinajstić information content (AvgIpc) is 2.09. The third kappa shape index (κ3) is 2.07. The van der Waals surface area contributed by atoms with Crippen molar-refractivity contribution in [3.8, 4) is 0 Å². The van der Waals surface area contributed by atoms with Gasteiger partial charge in [-0.1, -0.05) is 12.7 Å². The minimum Gasteiger partial charge on any atom is -0.511 e. The normalized spacial score (nSPS) is 13.1. The fraction of sp³-hybridized carbons (Fsp3) is 0.500. The minimum absolute atomic E-state index is 0.273. The van der Waals surface area contributed by atoms with Crippen LogP contribution in [0, 0.1) is 5.41 Å². The summed E-state index contributed by atoms with van der Waals surface area (Å²) >= 11 is 0. The number of aliphatic hydroxyl groups excluding tert-OH is 4. The topological polar surface area (TPSA) is 80.9 Å². The monoisotopic (exact) mass is 174 g/mol. The van der Waals surface area contributed by atoms with Gasteiger partial charge in [0.2, 0.25) is 0 Å². The van der Waals surface area contributed by atoms with E-state index in [0.717, 1.165) is 0 Å². The number of hydrogen-bond acceptors (Lipinski definition) is 4. The van der Waals surface area contributed by atoms with Gasteiger partial charge in [-0.05, 0) is 6.08 Å². The summed E-state index contributed by atoms with van der Waals surface area (Å²) in [5.41, 5.74) is -1.35. The summed E-state index contributed by atoms with van der Waals surface area (Å²) in [5, 5.41) is 35.7. The van der Waals surface area contributed by atoms with Gasteiger partial charge in [-0.2, -0.15) is 0 Å². The van der Waals surface area contributed by atoms with E-state index < -0.39 is 25.2 Å². The Hall–Kier alpha value is -0.840. The van der Waals surface area contributed by atoms with E-state index in [1.54, 1.807) is 0 Å². The minimum atomic E-state index is -1.35. The lowest BCUT2D eigenvalue weighted by Crippen LogP contribution is -2.36. The zero-order valence-corrected chi connectivity index (χ0v) is 6.77. The predicted octanol–water partition coefficient (Wildman–Crippen LogP) is -0.422. The number of hydrogen-bond donors (Lipinski definition) is 4. The van der Waals surface area contributed by atoms with Crippen LogP contribution in [0.5, 0.6) is 0 Å². The first-order valence-electron chi connectivity index (χ1n) is 3.51. The number of aliphatic hydroxyl groups is 4. The second-order valence-corrected chi connectivity index (χ2v) is 2.54. The highest BCUT2D eigenvalue weighted by molar-refractivity contribution is 5.13.